The lowest BCUT2D eigenvalue weighted by Gasteiger charge is -2.64. The summed E-state index contributed by atoms with van der Waals surface area (Å²) in [5.41, 5.74) is 1.94. The summed E-state index contributed by atoms with van der Waals surface area (Å²) in [7, 11) is 4.39. The molecule has 176 valence electrons. The Bertz CT molecular complexity index is 772. The molecular weight excluding hydrogens is 384 g/mol. The van der Waals surface area contributed by atoms with E-state index in [-0.39, 0.29) is 16.9 Å². The zero-order valence-corrected chi connectivity index (χ0v) is 20.8. The fraction of sp³-hybridized carbons (Fsp3) is 1.00. The van der Waals surface area contributed by atoms with E-state index < -0.39 is 0 Å². The van der Waals surface area contributed by atoms with Crippen molar-refractivity contribution in [3.05, 3.63) is 0 Å². The van der Waals surface area contributed by atoms with Crippen molar-refractivity contribution in [1.29, 1.82) is 0 Å². The summed E-state index contributed by atoms with van der Waals surface area (Å²) in [6.07, 6.45) is 10.5. The van der Waals surface area contributed by atoms with Gasteiger partial charge < -0.3 is 14.7 Å². The molecule has 1 aliphatic heterocycles. The molecule has 0 radical (unpaired) electrons. The monoisotopic (exact) mass is 430 g/mol. The summed E-state index contributed by atoms with van der Waals surface area (Å²) in [6, 6.07) is 1.08. The van der Waals surface area contributed by atoms with E-state index in [2.05, 4.69) is 52.0 Å². The minimum absolute atomic E-state index is 0.154. The standard InChI is InChI=1S/C27H46N2O2/c1-17(29(5)6)22-18(30)13-25(4)20-8-7-19-23(2)15-31-16-28-21(23)9-10-26(19)14-27(20,26)12-11-24(22,25)3/h17-22,28,30H,7-16H2,1-6H3/t17-,18+,19-,20-,21?,22-,23-,24+,25-,26+,27-/m0/s1. The molecule has 4 nitrogen and oxygen atoms in total. The first-order valence-electron chi connectivity index (χ1n) is 13.2. The van der Waals surface area contributed by atoms with E-state index in [0.29, 0.717) is 34.2 Å². The van der Waals surface area contributed by atoms with Crippen LogP contribution in [0, 0.1) is 44.8 Å². The first-order valence-corrected chi connectivity index (χ1v) is 13.2. The van der Waals surface area contributed by atoms with Gasteiger partial charge in [0, 0.05) is 23.4 Å². The largest absolute Gasteiger partial charge is 0.393 e. The Kier molecular flexibility index (Phi) is 4.33. The Balaban J connectivity index is 1.36. The summed E-state index contributed by atoms with van der Waals surface area (Å²) < 4.78 is 6.02. The van der Waals surface area contributed by atoms with Gasteiger partial charge in [0.15, 0.2) is 0 Å². The van der Waals surface area contributed by atoms with Gasteiger partial charge in [0.05, 0.1) is 19.4 Å². The lowest BCUT2D eigenvalue weighted by Crippen LogP contribution is -2.63. The van der Waals surface area contributed by atoms with Gasteiger partial charge in [-0.15, -0.1) is 0 Å². The second kappa shape index (κ2) is 6.29. The van der Waals surface area contributed by atoms with Crippen molar-refractivity contribution in [2.45, 2.75) is 97.2 Å². The van der Waals surface area contributed by atoms with Crippen molar-refractivity contribution in [3.63, 3.8) is 0 Å². The fourth-order valence-electron chi connectivity index (χ4n) is 11.4. The van der Waals surface area contributed by atoms with Gasteiger partial charge in [-0.05, 0) is 106 Å². The summed E-state index contributed by atoms with van der Waals surface area (Å²) >= 11 is 0. The van der Waals surface area contributed by atoms with Crippen molar-refractivity contribution in [3.8, 4) is 0 Å². The topological polar surface area (TPSA) is 44.7 Å². The maximum absolute atomic E-state index is 11.4. The predicted molar refractivity (Wildman–Crippen MR) is 123 cm³/mol. The van der Waals surface area contributed by atoms with Crippen molar-refractivity contribution >= 4 is 0 Å². The van der Waals surface area contributed by atoms with Crippen molar-refractivity contribution < 1.29 is 9.84 Å². The highest BCUT2D eigenvalue weighted by atomic mass is 16.5. The van der Waals surface area contributed by atoms with E-state index in [0.717, 1.165) is 31.6 Å². The van der Waals surface area contributed by atoms with E-state index in [9.17, 15) is 5.11 Å². The molecule has 0 bridgehead atoms. The number of rotatable bonds is 2. The average molecular weight is 431 g/mol. The van der Waals surface area contributed by atoms with Crippen LogP contribution in [0.25, 0.3) is 0 Å². The highest BCUT2D eigenvalue weighted by molar-refractivity contribution is 5.32. The van der Waals surface area contributed by atoms with E-state index in [1.807, 2.05) is 0 Å². The Morgan fingerprint density at radius 2 is 1.68 bits per heavy atom. The second-order valence-corrected chi connectivity index (χ2v) is 13.8. The molecule has 0 aromatic carbocycles. The van der Waals surface area contributed by atoms with Crippen LogP contribution in [0.4, 0.5) is 0 Å². The average Bonchev–Trinajstić information content (AvgIpc) is 3.32. The fourth-order valence-corrected chi connectivity index (χ4v) is 11.4. The Hall–Kier alpha value is -0.160. The van der Waals surface area contributed by atoms with Crippen LogP contribution in [0.5, 0.6) is 0 Å². The number of aliphatic hydroxyl groups is 1. The summed E-state index contributed by atoms with van der Waals surface area (Å²) in [5, 5.41) is 15.2. The number of hydrogen-bond acceptors (Lipinski definition) is 4. The number of nitrogens with one attached hydrogen (secondary N) is 1. The molecule has 31 heavy (non-hydrogen) atoms. The SMILES string of the molecule is C[C@@H]([C@H]1[C@H](O)C[C@@]2(C)[C@@H]3CC[C@@H]4[C@@]5(CCC6NCOC[C@]64C)C[C@@]35CC[C@]12C)N(C)C. The molecule has 1 saturated heterocycles. The maximum Gasteiger partial charge on any atom is 0.0967 e. The van der Waals surface area contributed by atoms with Crippen molar-refractivity contribution in [2.24, 2.45) is 44.8 Å². The van der Waals surface area contributed by atoms with E-state index in [1.54, 1.807) is 0 Å². The molecule has 5 saturated carbocycles. The Morgan fingerprint density at radius 1 is 0.968 bits per heavy atom. The molecule has 0 aromatic heterocycles. The normalized spacial score (nSPS) is 61.0. The summed E-state index contributed by atoms with van der Waals surface area (Å²) in [4.78, 5) is 2.35. The van der Waals surface area contributed by atoms with Crippen LogP contribution in [0.15, 0.2) is 0 Å². The van der Waals surface area contributed by atoms with E-state index in [4.69, 9.17) is 4.74 Å². The van der Waals surface area contributed by atoms with Gasteiger partial charge in [0.1, 0.15) is 0 Å². The van der Waals surface area contributed by atoms with Crippen molar-refractivity contribution in [1.82, 2.24) is 10.2 Å². The van der Waals surface area contributed by atoms with Crippen LogP contribution >= 0.6 is 0 Å². The molecule has 0 aromatic rings. The third-order valence-corrected chi connectivity index (χ3v) is 13.2. The van der Waals surface area contributed by atoms with Gasteiger partial charge in [0.2, 0.25) is 0 Å². The van der Waals surface area contributed by atoms with Gasteiger partial charge in [-0.2, -0.15) is 0 Å². The van der Waals surface area contributed by atoms with Crippen LogP contribution in [-0.4, -0.2) is 55.6 Å². The minimum atomic E-state index is -0.154. The second-order valence-electron chi connectivity index (χ2n) is 13.8. The molecule has 11 atom stereocenters. The zero-order chi connectivity index (χ0) is 22.0. The van der Waals surface area contributed by atoms with Crippen LogP contribution in [-0.2, 0) is 4.74 Å². The first-order chi connectivity index (χ1) is 14.6. The zero-order valence-electron chi connectivity index (χ0n) is 20.8. The molecule has 0 amide bonds. The first kappa shape index (κ1) is 21.4. The van der Waals surface area contributed by atoms with Gasteiger partial charge >= 0.3 is 0 Å². The molecule has 5 aliphatic carbocycles. The predicted octanol–water partition coefficient (Wildman–Crippen LogP) is 4.27. The van der Waals surface area contributed by atoms with Gasteiger partial charge in [-0.25, -0.2) is 0 Å². The summed E-state index contributed by atoms with van der Waals surface area (Å²) in [5.74, 6) is 2.00. The molecule has 2 spiro atoms. The number of aliphatic hydroxyl groups excluding tert-OH is 1. The Labute approximate surface area is 189 Å². The number of hydrogen-bond donors (Lipinski definition) is 2. The molecule has 1 heterocycles. The number of fused-ring (bicyclic) bond motifs is 4. The quantitative estimate of drug-likeness (QED) is 0.687. The van der Waals surface area contributed by atoms with Gasteiger partial charge in [-0.1, -0.05) is 20.8 Å². The number of ether oxygens (including phenoxy) is 1. The van der Waals surface area contributed by atoms with Crippen LogP contribution in [0.1, 0.15) is 79.1 Å². The molecular formula is C27H46N2O2. The molecule has 6 aliphatic rings. The maximum atomic E-state index is 11.4. The summed E-state index contributed by atoms with van der Waals surface area (Å²) in [6.45, 7) is 11.8. The third kappa shape index (κ3) is 2.27. The molecule has 6 fully saturated rings. The van der Waals surface area contributed by atoms with Gasteiger partial charge in [0.25, 0.3) is 0 Å². The van der Waals surface area contributed by atoms with Crippen LogP contribution < -0.4 is 5.32 Å². The van der Waals surface area contributed by atoms with Crippen LogP contribution in [0.2, 0.25) is 0 Å². The van der Waals surface area contributed by atoms with Crippen LogP contribution in [0.3, 0.4) is 0 Å². The molecule has 4 heteroatoms. The lowest BCUT2D eigenvalue weighted by atomic mass is 9.41. The smallest absolute Gasteiger partial charge is 0.0967 e. The van der Waals surface area contributed by atoms with Crippen molar-refractivity contribution in [2.75, 3.05) is 27.4 Å². The minimum Gasteiger partial charge on any atom is -0.393 e. The highest BCUT2D eigenvalue weighted by Gasteiger charge is 2.83. The van der Waals surface area contributed by atoms with E-state index in [1.165, 1.54) is 44.9 Å². The molecule has 1 unspecified atom stereocenters. The molecule has 6 rings (SSSR count). The van der Waals surface area contributed by atoms with Gasteiger partial charge in [-0.3, -0.25) is 5.32 Å². The van der Waals surface area contributed by atoms with E-state index >= 15 is 0 Å². The lowest BCUT2D eigenvalue weighted by molar-refractivity contribution is -0.172. The highest BCUT2D eigenvalue weighted by Crippen LogP contribution is 2.89. The third-order valence-electron chi connectivity index (χ3n) is 13.2. The molecule has 2 N–H and O–H groups in total. The number of nitrogens with zero attached hydrogens (tertiary/aromatic N) is 1. The Morgan fingerprint density at radius 3 is 2.42 bits per heavy atom.